The van der Waals surface area contributed by atoms with Gasteiger partial charge in [-0.05, 0) is 112 Å². The van der Waals surface area contributed by atoms with E-state index in [1.54, 1.807) is 7.11 Å². The summed E-state index contributed by atoms with van der Waals surface area (Å²) in [5.41, 5.74) is 0. The number of hydrogen-bond acceptors (Lipinski definition) is 3. The van der Waals surface area contributed by atoms with Crippen LogP contribution in [-0.2, 0) is 14.2 Å². The molecule has 0 atom stereocenters. The lowest BCUT2D eigenvalue weighted by Gasteiger charge is -2.41. The molecule has 0 aromatic rings. The predicted octanol–water partition coefficient (Wildman–Crippen LogP) is 8.73. The van der Waals surface area contributed by atoms with Gasteiger partial charge in [0.05, 0.1) is 13.2 Å². The SMILES string of the molecule is COC1OCC(CCC2CCC(C3CCC(C4CCC(CCCC=C(F)F)CC4)CC3)CC2)CO1. The largest absolute Gasteiger partial charge is 0.333 e. The van der Waals surface area contributed by atoms with Crippen molar-refractivity contribution in [2.24, 2.45) is 41.4 Å². The third-order valence-electron chi connectivity index (χ3n) is 10.2. The van der Waals surface area contributed by atoms with E-state index in [9.17, 15) is 8.78 Å². The second kappa shape index (κ2) is 14.4. The minimum Gasteiger partial charge on any atom is -0.333 e. The Bertz CT molecular complexity index is 605. The fourth-order valence-electron chi connectivity index (χ4n) is 7.90. The Kier molecular flexibility index (Phi) is 11.3. The molecule has 0 bridgehead atoms. The highest BCUT2D eigenvalue weighted by Crippen LogP contribution is 2.46. The molecule has 3 nitrogen and oxygen atoms in total. The minimum atomic E-state index is -1.51. The van der Waals surface area contributed by atoms with Gasteiger partial charge in [0, 0.05) is 13.0 Å². The first-order valence-corrected chi connectivity index (χ1v) is 14.9. The van der Waals surface area contributed by atoms with Gasteiger partial charge < -0.3 is 14.2 Å². The van der Waals surface area contributed by atoms with Crippen molar-refractivity contribution in [2.45, 2.75) is 116 Å². The number of allylic oxidation sites excluding steroid dienone is 1. The van der Waals surface area contributed by atoms with E-state index < -0.39 is 12.6 Å². The summed E-state index contributed by atoms with van der Waals surface area (Å²) in [6.45, 7) is 1.10. The summed E-state index contributed by atoms with van der Waals surface area (Å²) < 4.78 is 40.7. The van der Waals surface area contributed by atoms with Gasteiger partial charge in [-0.25, -0.2) is 0 Å². The van der Waals surface area contributed by atoms with Gasteiger partial charge in [0.15, 0.2) is 0 Å². The van der Waals surface area contributed by atoms with E-state index in [4.69, 9.17) is 14.2 Å². The lowest BCUT2D eigenvalue weighted by molar-refractivity contribution is -0.313. The Morgan fingerprint density at radius 2 is 1.09 bits per heavy atom. The van der Waals surface area contributed by atoms with Crippen LogP contribution in [-0.4, -0.2) is 26.8 Å². The average Bonchev–Trinajstić information content (AvgIpc) is 2.91. The second-order valence-electron chi connectivity index (χ2n) is 12.3. The number of halogens is 2. The highest BCUT2D eigenvalue weighted by Gasteiger charge is 2.35. The highest BCUT2D eigenvalue weighted by molar-refractivity contribution is 4.86. The van der Waals surface area contributed by atoms with Gasteiger partial charge in [-0.15, -0.1) is 0 Å². The average molecular weight is 497 g/mol. The number of rotatable bonds is 10. The molecular weight excluding hydrogens is 446 g/mol. The molecule has 35 heavy (non-hydrogen) atoms. The first kappa shape index (κ1) is 27.5. The molecule has 202 valence electrons. The summed E-state index contributed by atoms with van der Waals surface area (Å²) >= 11 is 0. The van der Waals surface area contributed by atoms with Gasteiger partial charge in [0.25, 0.3) is 12.6 Å². The molecule has 3 saturated carbocycles. The summed E-state index contributed by atoms with van der Waals surface area (Å²) in [6.07, 6.45) is 21.8. The van der Waals surface area contributed by atoms with Crippen LogP contribution in [0.1, 0.15) is 109 Å². The van der Waals surface area contributed by atoms with E-state index in [2.05, 4.69) is 0 Å². The standard InChI is InChI=1S/C30H50F2O3/c1-33-30-34-20-24(21-35-30)7-6-23-10-14-26(15-11-23)28-18-16-27(17-19-28)25-12-8-22(9-13-25)4-2-3-5-29(31)32/h5,22-28,30H,2-4,6-21H2,1H3. The van der Waals surface area contributed by atoms with Crippen LogP contribution in [0.15, 0.2) is 12.2 Å². The van der Waals surface area contributed by atoms with E-state index in [1.807, 2.05) is 0 Å². The molecule has 1 aliphatic heterocycles. The van der Waals surface area contributed by atoms with Gasteiger partial charge in [-0.2, -0.15) is 8.78 Å². The van der Waals surface area contributed by atoms with E-state index in [0.29, 0.717) is 12.3 Å². The lowest BCUT2D eigenvalue weighted by atomic mass is 9.64. The minimum absolute atomic E-state index is 0.457. The topological polar surface area (TPSA) is 27.7 Å². The quantitative estimate of drug-likeness (QED) is 0.283. The van der Waals surface area contributed by atoms with Crippen LogP contribution in [0.25, 0.3) is 0 Å². The molecule has 1 heterocycles. The third kappa shape index (κ3) is 8.78. The molecule has 0 N–H and O–H groups in total. The highest BCUT2D eigenvalue weighted by atomic mass is 19.3. The molecule has 0 aromatic heterocycles. The Hall–Kier alpha value is -0.520. The molecule has 0 spiro atoms. The lowest BCUT2D eigenvalue weighted by Crippen LogP contribution is -2.33. The maximum atomic E-state index is 12.2. The van der Waals surface area contributed by atoms with Crippen molar-refractivity contribution in [3.8, 4) is 0 Å². The van der Waals surface area contributed by atoms with Crippen LogP contribution in [0.3, 0.4) is 0 Å². The molecule has 1 saturated heterocycles. The smallest absolute Gasteiger partial charge is 0.271 e. The fraction of sp³-hybridized carbons (Fsp3) is 0.933. The van der Waals surface area contributed by atoms with Crippen molar-refractivity contribution in [1.82, 2.24) is 0 Å². The zero-order valence-corrected chi connectivity index (χ0v) is 22.1. The predicted molar refractivity (Wildman–Crippen MR) is 136 cm³/mol. The Morgan fingerprint density at radius 3 is 1.54 bits per heavy atom. The maximum absolute atomic E-state index is 12.2. The summed E-state index contributed by atoms with van der Waals surface area (Å²) in [6, 6.07) is 0. The van der Waals surface area contributed by atoms with E-state index >= 15 is 0 Å². The van der Waals surface area contributed by atoms with Gasteiger partial charge in [0.1, 0.15) is 0 Å². The van der Waals surface area contributed by atoms with Crippen LogP contribution < -0.4 is 0 Å². The molecule has 0 radical (unpaired) electrons. The Labute approximate surface area is 212 Å². The van der Waals surface area contributed by atoms with Crippen molar-refractivity contribution in [1.29, 1.82) is 0 Å². The fourth-order valence-corrected chi connectivity index (χ4v) is 7.90. The van der Waals surface area contributed by atoms with E-state index in [-0.39, 0.29) is 0 Å². The first-order valence-electron chi connectivity index (χ1n) is 14.9. The Balaban J connectivity index is 1.06. The van der Waals surface area contributed by atoms with Crippen molar-refractivity contribution in [3.05, 3.63) is 12.2 Å². The second-order valence-corrected chi connectivity index (χ2v) is 12.3. The zero-order chi connectivity index (χ0) is 24.5. The van der Waals surface area contributed by atoms with Crippen LogP contribution in [0.4, 0.5) is 8.78 Å². The first-order chi connectivity index (χ1) is 17.1. The van der Waals surface area contributed by atoms with Gasteiger partial charge in [-0.1, -0.05) is 38.5 Å². The zero-order valence-electron chi connectivity index (χ0n) is 22.1. The maximum Gasteiger partial charge on any atom is 0.271 e. The Morgan fingerprint density at radius 1 is 0.657 bits per heavy atom. The number of hydrogen-bond donors (Lipinski definition) is 0. The number of unbranched alkanes of at least 4 members (excludes halogenated alkanes) is 1. The summed E-state index contributed by atoms with van der Waals surface area (Å²) in [5.74, 6) is 6.10. The van der Waals surface area contributed by atoms with E-state index in [0.717, 1.165) is 67.6 Å². The molecule has 5 heteroatoms. The van der Waals surface area contributed by atoms with Crippen molar-refractivity contribution >= 4 is 0 Å². The van der Waals surface area contributed by atoms with Crippen LogP contribution in [0.2, 0.25) is 0 Å². The summed E-state index contributed by atoms with van der Waals surface area (Å²) in [5, 5.41) is 0. The molecule has 0 aromatic carbocycles. The van der Waals surface area contributed by atoms with Gasteiger partial charge >= 0.3 is 0 Å². The normalized spacial score (nSPS) is 38.7. The molecule has 4 aliphatic rings. The molecule has 4 fully saturated rings. The van der Waals surface area contributed by atoms with Crippen LogP contribution >= 0.6 is 0 Å². The van der Waals surface area contributed by atoms with Crippen molar-refractivity contribution in [3.63, 3.8) is 0 Å². The molecular formula is C30H50F2O3. The van der Waals surface area contributed by atoms with Crippen molar-refractivity contribution in [2.75, 3.05) is 20.3 Å². The molecule has 0 unspecified atom stereocenters. The van der Waals surface area contributed by atoms with E-state index in [1.165, 1.54) is 89.9 Å². The monoisotopic (exact) mass is 496 g/mol. The van der Waals surface area contributed by atoms with Crippen LogP contribution in [0.5, 0.6) is 0 Å². The molecule has 4 rings (SSSR count). The number of methoxy groups -OCH3 is 1. The third-order valence-corrected chi connectivity index (χ3v) is 10.2. The number of ether oxygens (including phenoxy) is 3. The molecule has 3 aliphatic carbocycles. The van der Waals surface area contributed by atoms with Gasteiger partial charge in [-0.3, -0.25) is 0 Å². The molecule has 0 amide bonds. The van der Waals surface area contributed by atoms with Crippen molar-refractivity contribution < 1.29 is 23.0 Å². The summed E-state index contributed by atoms with van der Waals surface area (Å²) in [4.78, 5) is 0. The van der Waals surface area contributed by atoms with Gasteiger partial charge in [0.2, 0.25) is 0 Å². The van der Waals surface area contributed by atoms with Crippen LogP contribution in [0, 0.1) is 41.4 Å². The summed E-state index contributed by atoms with van der Waals surface area (Å²) in [7, 11) is 1.63.